The first kappa shape index (κ1) is 7.98. The Morgan fingerprint density at radius 2 is 2.38 bits per heavy atom. The normalized spacial score (nSPS) is 13.4. The molecule has 0 saturated heterocycles. The van der Waals surface area contributed by atoms with E-state index in [-0.39, 0.29) is 5.12 Å². The number of aliphatic hydroxyl groups is 1. The summed E-state index contributed by atoms with van der Waals surface area (Å²) in [5, 5.41) is 8.74. The van der Waals surface area contributed by atoms with Crippen molar-refractivity contribution in [1.29, 1.82) is 0 Å². The molecule has 0 rings (SSSR count). The number of aliphatic hydroxyl groups excluding tert-OH is 1. The van der Waals surface area contributed by atoms with Gasteiger partial charge in [-0.15, -0.1) is 0 Å². The lowest BCUT2D eigenvalue weighted by Gasteiger charge is -2.00. The monoisotopic (exact) mass is 134 g/mol. The van der Waals surface area contributed by atoms with Crippen LogP contribution in [0.25, 0.3) is 0 Å². The third-order valence-corrected chi connectivity index (χ3v) is 1.59. The maximum Gasteiger partial charge on any atom is 0.188 e. The van der Waals surface area contributed by atoms with Gasteiger partial charge in [-0.05, 0) is 6.42 Å². The molecule has 0 bridgehead atoms. The highest BCUT2D eigenvalue weighted by atomic mass is 32.2. The molecule has 2 nitrogen and oxygen atoms in total. The van der Waals surface area contributed by atoms with Gasteiger partial charge in [0, 0.05) is 6.92 Å². The second-order valence-electron chi connectivity index (χ2n) is 1.47. The highest BCUT2D eigenvalue weighted by Crippen LogP contribution is 2.10. The third-order valence-electron chi connectivity index (χ3n) is 0.651. The van der Waals surface area contributed by atoms with Crippen LogP contribution >= 0.6 is 11.8 Å². The largest absolute Gasteiger partial charge is 0.382 e. The average molecular weight is 134 g/mol. The minimum absolute atomic E-state index is 0.0284. The molecule has 0 aliphatic carbocycles. The highest BCUT2D eigenvalue weighted by Gasteiger charge is 2.02. The van der Waals surface area contributed by atoms with E-state index in [0.29, 0.717) is 6.42 Å². The van der Waals surface area contributed by atoms with Crippen molar-refractivity contribution in [3.63, 3.8) is 0 Å². The van der Waals surface area contributed by atoms with Crippen molar-refractivity contribution in [2.24, 2.45) is 0 Å². The van der Waals surface area contributed by atoms with Gasteiger partial charge in [0.2, 0.25) is 0 Å². The summed E-state index contributed by atoms with van der Waals surface area (Å²) >= 11 is 0.971. The molecule has 0 spiro atoms. The van der Waals surface area contributed by atoms with Gasteiger partial charge in [-0.2, -0.15) is 0 Å². The average Bonchev–Trinajstić information content (AvgIpc) is 1.65. The van der Waals surface area contributed by atoms with E-state index >= 15 is 0 Å². The quantitative estimate of drug-likeness (QED) is 0.572. The van der Waals surface area contributed by atoms with E-state index in [0.717, 1.165) is 11.8 Å². The molecule has 0 radical (unpaired) electrons. The molecular formula is C5H10O2S. The summed E-state index contributed by atoms with van der Waals surface area (Å²) in [4.78, 5) is 10.2. The van der Waals surface area contributed by atoms with Crippen molar-refractivity contribution in [2.75, 3.05) is 0 Å². The Balaban J connectivity index is 3.24. The molecule has 0 aliphatic heterocycles. The number of thioether (sulfide) groups is 1. The van der Waals surface area contributed by atoms with Crippen molar-refractivity contribution in [3.05, 3.63) is 0 Å². The van der Waals surface area contributed by atoms with E-state index in [1.54, 1.807) is 0 Å². The maximum absolute atomic E-state index is 10.2. The molecule has 8 heavy (non-hydrogen) atoms. The van der Waals surface area contributed by atoms with Crippen LogP contribution in [0.4, 0.5) is 0 Å². The van der Waals surface area contributed by atoms with Crippen LogP contribution in [0.5, 0.6) is 0 Å². The minimum atomic E-state index is -0.507. The zero-order chi connectivity index (χ0) is 6.57. The molecule has 0 amide bonds. The molecule has 0 aliphatic rings. The van der Waals surface area contributed by atoms with Crippen LogP contribution in [0.15, 0.2) is 0 Å². The van der Waals surface area contributed by atoms with Crippen molar-refractivity contribution in [1.82, 2.24) is 0 Å². The standard InChI is InChI=1S/C5H10O2S/c1-3-5(7)8-4(2)6/h5,7H,3H2,1-2H3. The molecule has 0 heterocycles. The van der Waals surface area contributed by atoms with Crippen LogP contribution in [-0.4, -0.2) is 15.7 Å². The molecule has 1 atom stereocenters. The first-order valence-corrected chi connectivity index (χ1v) is 3.40. The molecule has 1 N–H and O–H groups in total. The summed E-state index contributed by atoms with van der Waals surface area (Å²) in [6.07, 6.45) is 0.629. The van der Waals surface area contributed by atoms with E-state index in [1.807, 2.05) is 6.92 Å². The molecule has 0 saturated carbocycles. The van der Waals surface area contributed by atoms with Crippen molar-refractivity contribution in [3.8, 4) is 0 Å². The predicted molar refractivity (Wildman–Crippen MR) is 34.6 cm³/mol. The molecule has 0 fully saturated rings. The van der Waals surface area contributed by atoms with Gasteiger partial charge in [-0.25, -0.2) is 0 Å². The van der Waals surface area contributed by atoms with E-state index < -0.39 is 5.44 Å². The van der Waals surface area contributed by atoms with Gasteiger partial charge >= 0.3 is 0 Å². The lowest BCUT2D eigenvalue weighted by Crippen LogP contribution is -2.00. The fourth-order valence-corrected chi connectivity index (χ4v) is 0.825. The van der Waals surface area contributed by atoms with Crippen LogP contribution in [0.2, 0.25) is 0 Å². The zero-order valence-electron chi connectivity index (χ0n) is 5.05. The zero-order valence-corrected chi connectivity index (χ0v) is 5.86. The molecular weight excluding hydrogens is 124 g/mol. The topological polar surface area (TPSA) is 37.3 Å². The van der Waals surface area contributed by atoms with Crippen molar-refractivity contribution < 1.29 is 9.90 Å². The van der Waals surface area contributed by atoms with Gasteiger partial charge in [0.05, 0.1) is 0 Å². The Morgan fingerprint density at radius 1 is 1.88 bits per heavy atom. The summed E-state index contributed by atoms with van der Waals surface area (Å²) in [6.45, 7) is 3.28. The van der Waals surface area contributed by atoms with Gasteiger partial charge in [-0.3, -0.25) is 4.79 Å². The second kappa shape index (κ2) is 3.92. The predicted octanol–water partition coefficient (Wildman–Crippen LogP) is 0.994. The maximum atomic E-state index is 10.2. The summed E-state index contributed by atoms with van der Waals surface area (Å²) in [5.41, 5.74) is -0.507. The number of carbonyl (C=O) groups is 1. The van der Waals surface area contributed by atoms with Crippen LogP contribution in [0.3, 0.4) is 0 Å². The van der Waals surface area contributed by atoms with Gasteiger partial charge in [0.25, 0.3) is 0 Å². The van der Waals surface area contributed by atoms with E-state index in [9.17, 15) is 4.79 Å². The number of rotatable bonds is 2. The molecule has 1 unspecified atom stereocenters. The number of hydrogen-bond acceptors (Lipinski definition) is 3. The number of hydrogen-bond donors (Lipinski definition) is 1. The van der Waals surface area contributed by atoms with Gasteiger partial charge in [0.1, 0.15) is 5.44 Å². The van der Waals surface area contributed by atoms with Crippen molar-refractivity contribution >= 4 is 16.9 Å². The molecule has 0 aromatic carbocycles. The Labute approximate surface area is 53.3 Å². The van der Waals surface area contributed by atoms with E-state index in [1.165, 1.54) is 6.92 Å². The molecule has 0 aromatic heterocycles. The minimum Gasteiger partial charge on any atom is -0.382 e. The second-order valence-corrected chi connectivity index (χ2v) is 2.83. The van der Waals surface area contributed by atoms with Gasteiger partial charge in [0.15, 0.2) is 5.12 Å². The summed E-state index contributed by atoms with van der Waals surface area (Å²) in [6, 6.07) is 0. The van der Waals surface area contributed by atoms with Crippen LogP contribution in [0, 0.1) is 0 Å². The Bertz CT molecular complexity index is 82.5. The van der Waals surface area contributed by atoms with Gasteiger partial charge < -0.3 is 5.11 Å². The first-order valence-electron chi connectivity index (χ1n) is 2.52. The number of carbonyl (C=O) groups excluding carboxylic acids is 1. The van der Waals surface area contributed by atoms with Crippen LogP contribution in [-0.2, 0) is 4.79 Å². The van der Waals surface area contributed by atoms with E-state index in [4.69, 9.17) is 5.11 Å². The molecule has 48 valence electrons. The highest BCUT2D eigenvalue weighted by molar-refractivity contribution is 8.13. The summed E-state index contributed by atoms with van der Waals surface area (Å²) in [5.74, 6) is 0. The lowest BCUT2D eigenvalue weighted by atomic mass is 10.5. The van der Waals surface area contributed by atoms with Crippen molar-refractivity contribution in [2.45, 2.75) is 25.7 Å². The van der Waals surface area contributed by atoms with Crippen LogP contribution < -0.4 is 0 Å². The van der Waals surface area contributed by atoms with Gasteiger partial charge in [-0.1, -0.05) is 18.7 Å². The first-order chi connectivity index (χ1) is 3.66. The molecule has 0 aromatic rings. The molecule has 3 heteroatoms. The fourth-order valence-electron chi connectivity index (χ4n) is 0.275. The summed E-state index contributed by atoms with van der Waals surface area (Å²) < 4.78 is 0. The SMILES string of the molecule is CCC(O)SC(C)=O. The summed E-state index contributed by atoms with van der Waals surface area (Å²) in [7, 11) is 0. The Kier molecular flexibility index (Phi) is 3.91. The lowest BCUT2D eigenvalue weighted by molar-refractivity contribution is -0.109. The third kappa shape index (κ3) is 4.15. The Hall–Kier alpha value is -0.0200. The smallest absolute Gasteiger partial charge is 0.188 e. The fraction of sp³-hybridized carbons (Fsp3) is 0.800. The Morgan fingerprint density at radius 3 is 2.50 bits per heavy atom. The van der Waals surface area contributed by atoms with Crippen LogP contribution in [0.1, 0.15) is 20.3 Å². The van der Waals surface area contributed by atoms with E-state index in [2.05, 4.69) is 0 Å².